The van der Waals surface area contributed by atoms with E-state index in [0.29, 0.717) is 5.06 Å². The van der Waals surface area contributed by atoms with Crippen LogP contribution in [-0.4, -0.2) is 46.8 Å². The molecule has 1 heterocycles. The van der Waals surface area contributed by atoms with E-state index in [1.54, 1.807) is 0 Å². The van der Waals surface area contributed by atoms with Gasteiger partial charge in [0.1, 0.15) is 0 Å². The number of rotatable bonds is 5. The first kappa shape index (κ1) is 16.3. The van der Waals surface area contributed by atoms with E-state index < -0.39 is 29.7 Å². The third-order valence-electron chi connectivity index (χ3n) is 2.35. The molecule has 1 aliphatic heterocycles. The predicted molar refractivity (Wildman–Crippen MR) is 65.5 cm³/mol. The number of carbonyl (C=O) groups is 5. The summed E-state index contributed by atoms with van der Waals surface area (Å²) in [5, 5.41) is 1.11. The minimum Gasteiger partial charge on any atom is -0.339 e. The van der Waals surface area contributed by atoms with Gasteiger partial charge in [-0.2, -0.15) is 5.06 Å². The van der Waals surface area contributed by atoms with E-state index in [1.165, 1.54) is 7.05 Å². The first-order chi connectivity index (χ1) is 9.81. The fourth-order valence-corrected chi connectivity index (χ4v) is 1.41. The molecule has 1 rings (SSSR count). The van der Waals surface area contributed by atoms with Crippen molar-refractivity contribution in [1.29, 1.82) is 0 Å². The second-order valence-electron chi connectivity index (χ2n) is 4.10. The molecule has 9 heteroatoms. The second-order valence-corrected chi connectivity index (χ2v) is 4.10. The molecule has 0 saturated heterocycles. The Balaban J connectivity index is 2.28. The standard InChI is InChI=1S/C12H14N2O7/c1-8(15)20-13(2)9(16)4-3-5-12(19)21-14-10(17)6-7-11(14)18/h6-7H,3-5H2,1-2H3. The normalized spacial score (nSPS) is 13.3. The Hall–Kier alpha value is -2.71. The molecule has 0 spiro atoms. The van der Waals surface area contributed by atoms with Crippen molar-refractivity contribution >= 4 is 29.7 Å². The van der Waals surface area contributed by atoms with Gasteiger partial charge >= 0.3 is 11.9 Å². The van der Waals surface area contributed by atoms with Gasteiger partial charge < -0.3 is 9.68 Å². The highest BCUT2D eigenvalue weighted by Crippen LogP contribution is 2.08. The minimum atomic E-state index is -0.816. The molecule has 0 aromatic rings. The number of imide groups is 1. The Labute approximate surface area is 120 Å². The van der Waals surface area contributed by atoms with Crippen LogP contribution in [0.4, 0.5) is 0 Å². The van der Waals surface area contributed by atoms with Gasteiger partial charge in [0.25, 0.3) is 17.7 Å². The molecule has 0 aromatic heterocycles. The van der Waals surface area contributed by atoms with E-state index in [4.69, 9.17) is 0 Å². The predicted octanol–water partition coefficient (Wildman–Crippen LogP) is -0.524. The summed E-state index contributed by atoms with van der Waals surface area (Å²) in [5.74, 6) is -3.42. The number of hydroxylamine groups is 4. The highest BCUT2D eigenvalue weighted by molar-refractivity contribution is 6.12. The minimum absolute atomic E-state index is 0.0565. The maximum Gasteiger partial charge on any atom is 0.333 e. The van der Waals surface area contributed by atoms with Crippen LogP contribution in [0.15, 0.2) is 12.2 Å². The van der Waals surface area contributed by atoms with Crippen LogP contribution in [0.5, 0.6) is 0 Å². The van der Waals surface area contributed by atoms with Crippen LogP contribution in [0.2, 0.25) is 0 Å². The molecule has 0 aromatic carbocycles. The van der Waals surface area contributed by atoms with Crippen molar-refractivity contribution in [2.24, 2.45) is 0 Å². The summed E-state index contributed by atoms with van der Waals surface area (Å²) in [4.78, 5) is 64.9. The summed E-state index contributed by atoms with van der Waals surface area (Å²) >= 11 is 0. The lowest BCUT2D eigenvalue weighted by atomic mass is 10.2. The van der Waals surface area contributed by atoms with Crippen LogP contribution in [0.3, 0.4) is 0 Å². The molecule has 0 atom stereocenters. The van der Waals surface area contributed by atoms with Gasteiger partial charge in [0, 0.05) is 39.0 Å². The first-order valence-corrected chi connectivity index (χ1v) is 6.03. The van der Waals surface area contributed by atoms with Crippen molar-refractivity contribution in [2.45, 2.75) is 26.2 Å². The van der Waals surface area contributed by atoms with Crippen LogP contribution in [0, 0.1) is 0 Å². The topological polar surface area (TPSA) is 110 Å². The number of nitrogens with zero attached hydrogens (tertiary/aromatic N) is 2. The van der Waals surface area contributed by atoms with Crippen LogP contribution in [-0.2, 0) is 33.6 Å². The van der Waals surface area contributed by atoms with Gasteiger partial charge in [0.05, 0.1) is 0 Å². The highest BCUT2D eigenvalue weighted by atomic mass is 16.7. The molecule has 0 aliphatic carbocycles. The van der Waals surface area contributed by atoms with Gasteiger partial charge in [-0.05, 0) is 6.42 Å². The monoisotopic (exact) mass is 298 g/mol. The summed E-state index contributed by atoms with van der Waals surface area (Å²) in [6.45, 7) is 1.15. The summed E-state index contributed by atoms with van der Waals surface area (Å²) in [7, 11) is 1.27. The molecule has 0 bridgehead atoms. The molecule has 0 radical (unpaired) electrons. The first-order valence-electron chi connectivity index (χ1n) is 6.03. The van der Waals surface area contributed by atoms with Gasteiger partial charge in [-0.15, -0.1) is 0 Å². The van der Waals surface area contributed by atoms with Crippen LogP contribution >= 0.6 is 0 Å². The third kappa shape index (κ3) is 5.05. The zero-order valence-corrected chi connectivity index (χ0v) is 11.5. The van der Waals surface area contributed by atoms with Crippen molar-refractivity contribution in [1.82, 2.24) is 10.1 Å². The largest absolute Gasteiger partial charge is 0.339 e. The number of hydrogen-bond donors (Lipinski definition) is 0. The fourth-order valence-electron chi connectivity index (χ4n) is 1.41. The molecular formula is C12H14N2O7. The zero-order chi connectivity index (χ0) is 16.0. The van der Waals surface area contributed by atoms with Gasteiger partial charge in [0.15, 0.2) is 0 Å². The third-order valence-corrected chi connectivity index (χ3v) is 2.35. The van der Waals surface area contributed by atoms with Gasteiger partial charge in [-0.1, -0.05) is 5.06 Å². The molecule has 9 nitrogen and oxygen atoms in total. The second kappa shape index (κ2) is 7.17. The van der Waals surface area contributed by atoms with Crippen molar-refractivity contribution in [3.05, 3.63) is 12.2 Å². The summed E-state index contributed by atoms with van der Waals surface area (Å²) in [6, 6.07) is 0. The van der Waals surface area contributed by atoms with Crippen molar-refractivity contribution in [2.75, 3.05) is 7.05 Å². The number of amides is 3. The van der Waals surface area contributed by atoms with Gasteiger partial charge in [-0.25, -0.2) is 4.79 Å². The molecule has 1 aliphatic rings. The molecule has 0 N–H and O–H groups in total. The van der Waals surface area contributed by atoms with E-state index in [2.05, 4.69) is 9.68 Å². The SMILES string of the molecule is CC(=O)ON(C)C(=O)CCCC(=O)ON1C(=O)C=CC1=O. The van der Waals surface area contributed by atoms with E-state index in [1.807, 2.05) is 0 Å². The lowest BCUT2D eigenvalue weighted by molar-refractivity contribution is -0.196. The maximum atomic E-state index is 11.5. The molecular weight excluding hydrogens is 284 g/mol. The quantitative estimate of drug-likeness (QED) is 0.496. The molecule has 3 amide bonds. The molecule has 0 fully saturated rings. The van der Waals surface area contributed by atoms with Gasteiger partial charge in [0.2, 0.25) is 0 Å². The average Bonchev–Trinajstić information content (AvgIpc) is 2.69. The lowest BCUT2D eigenvalue weighted by Crippen LogP contribution is -2.33. The molecule has 0 unspecified atom stereocenters. The highest BCUT2D eigenvalue weighted by Gasteiger charge is 2.27. The maximum absolute atomic E-state index is 11.5. The Morgan fingerprint density at radius 1 is 1.14 bits per heavy atom. The van der Waals surface area contributed by atoms with Crippen molar-refractivity contribution in [3.8, 4) is 0 Å². The van der Waals surface area contributed by atoms with E-state index in [0.717, 1.165) is 24.1 Å². The average molecular weight is 298 g/mol. The Bertz CT molecular complexity index is 494. The Morgan fingerprint density at radius 2 is 1.71 bits per heavy atom. The molecule has 114 valence electrons. The zero-order valence-electron chi connectivity index (χ0n) is 11.5. The van der Waals surface area contributed by atoms with E-state index >= 15 is 0 Å². The Morgan fingerprint density at radius 3 is 2.24 bits per heavy atom. The van der Waals surface area contributed by atoms with Crippen LogP contribution < -0.4 is 0 Å². The van der Waals surface area contributed by atoms with Crippen molar-refractivity contribution in [3.63, 3.8) is 0 Å². The van der Waals surface area contributed by atoms with Crippen LogP contribution in [0.25, 0.3) is 0 Å². The summed E-state index contributed by atoms with van der Waals surface area (Å²) < 4.78 is 0. The molecule has 0 saturated carbocycles. The summed E-state index contributed by atoms with van der Waals surface area (Å²) in [6.07, 6.45) is 1.85. The number of hydrogen-bond acceptors (Lipinski definition) is 7. The number of carbonyl (C=O) groups excluding carboxylic acids is 5. The smallest absolute Gasteiger partial charge is 0.333 e. The Kier molecular flexibility index (Phi) is 5.58. The van der Waals surface area contributed by atoms with Crippen LogP contribution in [0.1, 0.15) is 26.2 Å². The van der Waals surface area contributed by atoms with Crippen molar-refractivity contribution < 1.29 is 33.6 Å². The lowest BCUT2D eigenvalue weighted by Gasteiger charge is -2.15. The fraction of sp³-hybridized carbons (Fsp3) is 0.417. The van der Waals surface area contributed by atoms with E-state index in [-0.39, 0.29) is 19.3 Å². The van der Waals surface area contributed by atoms with E-state index in [9.17, 15) is 24.0 Å². The van der Waals surface area contributed by atoms with Gasteiger partial charge in [-0.3, -0.25) is 19.2 Å². The molecule has 21 heavy (non-hydrogen) atoms. The summed E-state index contributed by atoms with van der Waals surface area (Å²) in [5.41, 5.74) is 0.